The van der Waals surface area contributed by atoms with E-state index in [1.165, 1.54) is 149 Å². The number of nitrogens with zero attached hydrogens (tertiary/aromatic N) is 5. The molecule has 5 heterocycles. The Morgan fingerprint density at radius 3 is 0.949 bits per heavy atom. The van der Waals surface area contributed by atoms with Gasteiger partial charge in [-0.3, -0.25) is 0 Å². The number of benzene rings is 15. The first kappa shape index (κ1) is 71.9. The van der Waals surface area contributed by atoms with Crippen LogP contribution < -0.4 is 26.2 Å². The molecule has 0 amide bonds. The summed E-state index contributed by atoms with van der Waals surface area (Å²) < 4.78 is 7.65. The van der Waals surface area contributed by atoms with E-state index in [1.54, 1.807) is 0 Å². The topological polar surface area (TPSA) is 21.3 Å². The summed E-state index contributed by atoms with van der Waals surface area (Å²) in [5.74, 6) is 0. The Morgan fingerprint density at radius 2 is 0.542 bits per heavy atom. The zero-order valence-corrected chi connectivity index (χ0v) is 70.2. The lowest BCUT2D eigenvalue weighted by Gasteiger charge is -2.44. The maximum absolute atomic E-state index is 2.65. The summed E-state index contributed by atoms with van der Waals surface area (Å²) >= 11 is 0. The van der Waals surface area contributed by atoms with Crippen LogP contribution in [-0.4, -0.2) is 20.4 Å². The van der Waals surface area contributed by atoms with Gasteiger partial charge in [-0.1, -0.05) is 291 Å². The Hall–Kier alpha value is -12.6. The summed E-state index contributed by atoms with van der Waals surface area (Å²) in [7, 11) is 0. The predicted octanol–water partition coefficient (Wildman–Crippen LogP) is 28.2. The van der Waals surface area contributed by atoms with Crippen LogP contribution in [0, 0.1) is 0 Å². The van der Waals surface area contributed by atoms with Gasteiger partial charge in [-0.15, -0.1) is 0 Å². The van der Waals surface area contributed by atoms with E-state index in [2.05, 4.69) is 436 Å². The van der Waals surface area contributed by atoms with Crippen LogP contribution in [-0.2, 0) is 32.5 Å². The average Bonchev–Trinajstić information content (AvgIpc) is 0.919. The molecule has 118 heavy (non-hydrogen) atoms. The van der Waals surface area contributed by atoms with Crippen LogP contribution in [0.3, 0.4) is 0 Å². The first-order valence-electron chi connectivity index (χ1n) is 42.6. The number of hydrogen-bond acceptors (Lipinski definition) is 2. The predicted molar refractivity (Wildman–Crippen MR) is 504 cm³/mol. The molecule has 0 saturated heterocycles. The largest absolute Gasteiger partial charge is 0.311 e. The van der Waals surface area contributed by atoms with Gasteiger partial charge in [-0.25, -0.2) is 0 Å². The van der Waals surface area contributed by atoms with Crippen LogP contribution in [0.15, 0.2) is 315 Å². The summed E-state index contributed by atoms with van der Waals surface area (Å²) in [5, 5.41) is 7.39. The Labute approximate surface area is 694 Å². The smallest absolute Gasteiger partial charge is 0.252 e. The molecule has 0 radical (unpaired) electrons. The maximum Gasteiger partial charge on any atom is 0.252 e. The fourth-order valence-corrected chi connectivity index (χ4v) is 22.2. The van der Waals surface area contributed by atoms with E-state index in [0.717, 1.165) is 75.1 Å². The zero-order chi connectivity index (χ0) is 80.6. The van der Waals surface area contributed by atoms with Crippen molar-refractivity contribution >= 4 is 123 Å². The Bertz CT molecular complexity index is 6820. The van der Waals surface area contributed by atoms with E-state index < -0.39 is 0 Å². The minimum Gasteiger partial charge on any atom is -0.311 e. The third kappa shape index (κ3) is 11.0. The van der Waals surface area contributed by atoms with E-state index in [4.69, 9.17) is 0 Å². The van der Waals surface area contributed by atoms with E-state index in [-0.39, 0.29) is 39.2 Å². The molecule has 0 atom stereocenters. The van der Waals surface area contributed by atoms with Gasteiger partial charge < -0.3 is 23.5 Å². The molecule has 5 nitrogen and oxygen atoms in total. The van der Waals surface area contributed by atoms with Crippen molar-refractivity contribution in [1.82, 2.24) is 13.7 Å². The van der Waals surface area contributed by atoms with E-state index in [1.807, 2.05) is 0 Å². The van der Waals surface area contributed by atoms with Crippen molar-refractivity contribution < 1.29 is 0 Å². The maximum atomic E-state index is 2.65. The van der Waals surface area contributed by atoms with Crippen molar-refractivity contribution in [3.05, 3.63) is 349 Å². The molecule has 0 fully saturated rings. The molecule has 0 saturated carbocycles. The standard InChI is InChI=1S/C112H98BN5/c1-107(2,3)77-41-55-100-88(61-77)84-29-21-23-31-96(84)116(100)81-47-51-94-102(63-81)114(79-43-33-71(34-44-79)75-37-49-90-92(59-75)111(11,12)67-109(90,7)8)104-65-83(118-98-53-39-73(69-25-17-15-18-26-69)57-86(98)87-58-74(40-54-99(87)118)70-27-19-16-20-28-70)66-105-106(104)113(94)95-52-48-82(117-97-32-24-22-30-85(97)89-62-78(108(4,5)6)42-56-101(89)117)64-103(95)115(105)80-45-35-72(36-46-80)76-38-50-91-93(60-76)112(13,14)68-110(91,9)10/h15-66H,67-68H2,1-14H3. The molecule has 18 aromatic rings. The molecular weight excluding hydrogens is 1430 g/mol. The van der Waals surface area contributed by atoms with Gasteiger partial charge in [0.2, 0.25) is 0 Å². The molecule has 15 aromatic carbocycles. The molecule has 2 aliphatic carbocycles. The highest BCUT2D eigenvalue weighted by atomic mass is 15.2. The first-order valence-corrected chi connectivity index (χ1v) is 42.6. The lowest BCUT2D eigenvalue weighted by atomic mass is 9.33. The minimum atomic E-state index is -0.226. The van der Waals surface area contributed by atoms with E-state index in [9.17, 15) is 0 Å². The molecule has 3 aromatic heterocycles. The van der Waals surface area contributed by atoms with Gasteiger partial charge in [0.1, 0.15) is 0 Å². The molecule has 0 bridgehead atoms. The zero-order valence-electron chi connectivity index (χ0n) is 70.2. The van der Waals surface area contributed by atoms with Gasteiger partial charge in [0.15, 0.2) is 0 Å². The van der Waals surface area contributed by atoms with Gasteiger partial charge in [0, 0.05) is 77.8 Å². The van der Waals surface area contributed by atoms with Gasteiger partial charge in [0.05, 0.1) is 38.8 Å². The monoisotopic (exact) mass is 1520 g/mol. The Morgan fingerprint density at radius 1 is 0.237 bits per heavy atom. The number of para-hydroxylation sites is 2. The minimum absolute atomic E-state index is 0.0405. The van der Waals surface area contributed by atoms with Crippen molar-refractivity contribution in [2.75, 3.05) is 9.80 Å². The second kappa shape index (κ2) is 25.4. The van der Waals surface area contributed by atoms with Gasteiger partial charge in [-0.2, -0.15) is 0 Å². The molecular formula is C112H98BN5. The van der Waals surface area contributed by atoms with E-state index >= 15 is 0 Å². The van der Waals surface area contributed by atoms with Gasteiger partial charge in [0.25, 0.3) is 6.71 Å². The summed E-state index contributed by atoms with van der Waals surface area (Å²) in [6.45, 7) is 33.1. The highest BCUT2D eigenvalue weighted by Crippen LogP contribution is 2.55. The second-order valence-corrected chi connectivity index (χ2v) is 39.2. The van der Waals surface area contributed by atoms with Crippen LogP contribution in [0.25, 0.3) is 127 Å². The van der Waals surface area contributed by atoms with Crippen molar-refractivity contribution in [1.29, 1.82) is 0 Å². The lowest BCUT2D eigenvalue weighted by molar-refractivity contribution is 0.402. The second-order valence-electron chi connectivity index (χ2n) is 39.2. The lowest BCUT2D eigenvalue weighted by Crippen LogP contribution is -2.61. The first-order chi connectivity index (χ1) is 56.7. The van der Waals surface area contributed by atoms with Crippen LogP contribution in [0.4, 0.5) is 34.1 Å². The SMILES string of the molecule is CC(C)(C)c1ccc2c(c1)c1ccccc1n2-c1ccc2c(c1)N(c1ccc(-c3ccc4c(c3)C(C)(C)CC4(C)C)cc1)c1cc(-n3c4ccc(-c5ccccc5)cc4c4cc(-c5ccccc5)ccc43)cc3c1B2c1ccc(-n2c4ccccc4c4cc(C(C)(C)C)ccc42)cc1N3c1ccc(-c2ccc3c(c2)C(C)(C)CC3(C)C)cc1. The molecule has 2 aliphatic heterocycles. The van der Waals surface area contributed by atoms with Crippen LogP contribution in [0.1, 0.15) is 143 Å². The molecule has 6 heteroatoms. The highest BCUT2D eigenvalue weighted by Gasteiger charge is 2.47. The number of anilines is 6. The summed E-state index contributed by atoms with van der Waals surface area (Å²) in [6, 6.07) is 122. The average molecular weight is 1520 g/mol. The molecule has 4 aliphatic rings. The molecule has 0 unspecified atom stereocenters. The Kier molecular flexibility index (Phi) is 15.5. The number of rotatable bonds is 9. The normalized spacial score (nSPS) is 15.5. The number of fused-ring (bicyclic) bond motifs is 15. The van der Waals surface area contributed by atoms with E-state index in [0.29, 0.717) is 0 Å². The number of hydrogen-bond donors (Lipinski definition) is 0. The van der Waals surface area contributed by atoms with Crippen molar-refractivity contribution in [3.63, 3.8) is 0 Å². The summed E-state index contributed by atoms with van der Waals surface area (Å²) in [5.41, 5.74) is 39.0. The summed E-state index contributed by atoms with van der Waals surface area (Å²) in [6.07, 6.45) is 2.23. The van der Waals surface area contributed by atoms with Crippen molar-refractivity contribution in [2.24, 2.45) is 0 Å². The summed E-state index contributed by atoms with van der Waals surface area (Å²) in [4.78, 5) is 5.30. The van der Waals surface area contributed by atoms with Gasteiger partial charge in [-0.05, 0) is 261 Å². The molecule has 0 spiro atoms. The molecule has 0 N–H and O–H groups in total. The third-order valence-electron chi connectivity index (χ3n) is 27.5. The molecule has 574 valence electrons. The number of aromatic nitrogens is 3. The third-order valence-corrected chi connectivity index (χ3v) is 27.5. The van der Waals surface area contributed by atoms with Crippen molar-refractivity contribution in [2.45, 2.75) is 142 Å². The Balaban J connectivity index is 0.846. The van der Waals surface area contributed by atoms with Gasteiger partial charge >= 0.3 is 0 Å². The van der Waals surface area contributed by atoms with Crippen LogP contribution in [0.2, 0.25) is 0 Å². The fourth-order valence-electron chi connectivity index (χ4n) is 22.2. The fraction of sp³-hybridized carbons (Fsp3) is 0.196. The van der Waals surface area contributed by atoms with Crippen LogP contribution in [0.5, 0.6) is 0 Å². The highest BCUT2D eigenvalue weighted by molar-refractivity contribution is 7.00. The van der Waals surface area contributed by atoms with Crippen LogP contribution >= 0.6 is 0 Å². The quantitative estimate of drug-likeness (QED) is 0.134. The van der Waals surface area contributed by atoms with Crippen molar-refractivity contribution in [3.8, 4) is 61.6 Å². The molecule has 22 rings (SSSR count).